The number of piperazine rings is 1. The van der Waals surface area contributed by atoms with Crippen LogP contribution in [0, 0.1) is 6.92 Å². The number of aryl methyl sites for hydroxylation is 1. The van der Waals surface area contributed by atoms with Gasteiger partial charge in [-0.15, -0.1) is 12.4 Å². The molecule has 1 unspecified atom stereocenters. The number of hydrogen-bond acceptors (Lipinski definition) is 4. The lowest BCUT2D eigenvalue weighted by atomic mass is 10.1. The molecule has 0 aliphatic carbocycles. The van der Waals surface area contributed by atoms with Crippen molar-refractivity contribution in [1.82, 2.24) is 14.6 Å². The molecule has 2 heterocycles. The zero-order valence-electron chi connectivity index (χ0n) is 13.1. The highest BCUT2D eigenvalue weighted by molar-refractivity contribution is 7.89. The minimum absolute atomic E-state index is 0. The highest BCUT2D eigenvalue weighted by atomic mass is 35.5. The van der Waals surface area contributed by atoms with Crippen molar-refractivity contribution >= 4 is 34.0 Å². The second-order valence-electron chi connectivity index (χ2n) is 5.53. The Labute approximate surface area is 153 Å². The SMILES string of the molecule is Cc1ccc(Cl)cc1S(=O)(=O)N1CCNCC1c1cccnc1.Cl. The Morgan fingerprint density at radius 3 is 2.83 bits per heavy atom. The van der Waals surface area contributed by atoms with E-state index >= 15 is 0 Å². The van der Waals surface area contributed by atoms with Crippen LogP contribution < -0.4 is 5.32 Å². The summed E-state index contributed by atoms with van der Waals surface area (Å²) in [5.41, 5.74) is 1.57. The molecule has 3 rings (SSSR count). The lowest BCUT2D eigenvalue weighted by molar-refractivity contribution is 0.271. The number of benzene rings is 1. The molecule has 1 N–H and O–H groups in total. The van der Waals surface area contributed by atoms with Gasteiger partial charge in [0.05, 0.1) is 10.9 Å². The Morgan fingerprint density at radius 2 is 2.12 bits per heavy atom. The number of halogens is 2. The number of pyridine rings is 1. The molecule has 0 spiro atoms. The van der Waals surface area contributed by atoms with Gasteiger partial charge >= 0.3 is 0 Å². The van der Waals surface area contributed by atoms with Crippen molar-refractivity contribution in [3.05, 3.63) is 58.9 Å². The van der Waals surface area contributed by atoms with E-state index in [0.717, 1.165) is 5.56 Å². The van der Waals surface area contributed by atoms with Crippen LogP contribution in [0.4, 0.5) is 0 Å². The first kappa shape index (κ1) is 19.1. The number of rotatable bonds is 3. The van der Waals surface area contributed by atoms with Gasteiger partial charge in [-0.3, -0.25) is 4.98 Å². The lowest BCUT2D eigenvalue weighted by Crippen LogP contribution is -2.48. The zero-order valence-corrected chi connectivity index (χ0v) is 15.5. The maximum Gasteiger partial charge on any atom is 0.244 e. The van der Waals surface area contributed by atoms with Crippen LogP contribution in [0.15, 0.2) is 47.6 Å². The minimum Gasteiger partial charge on any atom is -0.313 e. The van der Waals surface area contributed by atoms with E-state index in [0.29, 0.717) is 30.2 Å². The number of hydrogen-bond donors (Lipinski definition) is 1. The quantitative estimate of drug-likeness (QED) is 0.879. The number of aromatic nitrogens is 1. The molecular formula is C16H19Cl2N3O2S. The molecule has 1 aliphatic rings. The van der Waals surface area contributed by atoms with Crippen LogP contribution >= 0.6 is 24.0 Å². The van der Waals surface area contributed by atoms with Crippen molar-refractivity contribution in [2.24, 2.45) is 0 Å². The van der Waals surface area contributed by atoms with Crippen molar-refractivity contribution in [2.45, 2.75) is 17.9 Å². The second kappa shape index (κ2) is 7.80. The average Bonchev–Trinajstić information content (AvgIpc) is 2.58. The molecule has 5 nitrogen and oxygen atoms in total. The number of sulfonamides is 1. The van der Waals surface area contributed by atoms with Gasteiger partial charge in [0.25, 0.3) is 0 Å². The average molecular weight is 388 g/mol. The van der Waals surface area contributed by atoms with Gasteiger partial charge in [-0.2, -0.15) is 4.31 Å². The summed E-state index contributed by atoms with van der Waals surface area (Å²) < 4.78 is 27.9. The van der Waals surface area contributed by atoms with Crippen LogP contribution in [0.2, 0.25) is 5.02 Å². The fraction of sp³-hybridized carbons (Fsp3) is 0.312. The maximum atomic E-state index is 13.2. The third-order valence-electron chi connectivity index (χ3n) is 4.00. The standard InChI is InChI=1S/C16H18ClN3O2S.ClH/c1-12-4-5-14(17)9-16(12)23(21,22)20-8-7-19-11-15(20)13-3-2-6-18-10-13;/h2-6,9-10,15,19H,7-8,11H2,1H3;1H. The fourth-order valence-corrected chi connectivity index (χ4v) is 4.91. The van der Waals surface area contributed by atoms with Crippen molar-refractivity contribution in [2.75, 3.05) is 19.6 Å². The molecule has 1 aromatic carbocycles. The van der Waals surface area contributed by atoms with Crippen LogP contribution in [0.25, 0.3) is 0 Å². The number of nitrogens with one attached hydrogen (secondary N) is 1. The molecule has 1 fully saturated rings. The first-order valence-corrected chi connectivity index (χ1v) is 9.20. The molecule has 2 aromatic rings. The van der Waals surface area contributed by atoms with E-state index in [4.69, 9.17) is 11.6 Å². The van der Waals surface area contributed by atoms with Crippen LogP contribution in [-0.4, -0.2) is 37.3 Å². The monoisotopic (exact) mass is 387 g/mol. The summed E-state index contributed by atoms with van der Waals surface area (Å²) in [6, 6.07) is 8.40. The molecular weight excluding hydrogens is 369 g/mol. The van der Waals surface area contributed by atoms with Gasteiger partial charge in [0, 0.05) is 37.1 Å². The van der Waals surface area contributed by atoms with Crippen molar-refractivity contribution in [3.63, 3.8) is 0 Å². The van der Waals surface area contributed by atoms with E-state index in [9.17, 15) is 8.42 Å². The van der Waals surface area contributed by atoms with E-state index in [2.05, 4.69) is 10.3 Å². The van der Waals surface area contributed by atoms with Gasteiger partial charge in [-0.25, -0.2) is 8.42 Å². The smallest absolute Gasteiger partial charge is 0.244 e. The van der Waals surface area contributed by atoms with E-state index < -0.39 is 10.0 Å². The first-order chi connectivity index (χ1) is 11.0. The topological polar surface area (TPSA) is 62.3 Å². The van der Waals surface area contributed by atoms with E-state index in [1.165, 1.54) is 6.07 Å². The first-order valence-electron chi connectivity index (χ1n) is 7.39. The predicted octanol–water partition coefficient (Wildman–Crippen LogP) is 2.80. The van der Waals surface area contributed by atoms with Crippen LogP contribution in [0.5, 0.6) is 0 Å². The molecule has 130 valence electrons. The van der Waals surface area contributed by atoms with Gasteiger partial charge in [-0.05, 0) is 36.2 Å². The largest absolute Gasteiger partial charge is 0.313 e. The zero-order chi connectivity index (χ0) is 16.4. The molecule has 0 bridgehead atoms. The van der Waals surface area contributed by atoms with Crippen LogP contribution in [-0.2, 0) is 10.0 Å². The molecule has 1 aliphatic heterocycles. The maximum absolute atomic E-state index is 13.2. The molecule has 0 radical (unpaired) electrons. The summed E-state index contributed by atoms with van der Waals surface area (Å²) >= 11 is 6.01. The minimum atomic E-state index is -3.63. The van der Waals surface area contributed by atoms with Crippen LogP contribution in [0.1, 0.15) is 17.2 Å². The summed E-state index contributed by atoms with van der Waals surface area (Å²) in [5, 5.41) is 3.67. The lowest BCUT2D eigenvalue weighted by Gasteiger charge is -2.35. The van der Waals surface area contributed by atoms with Crippen LogP contribution in [0.3, 0.4) is 0 Å². The molecule has 1 atom stereocenters. The Morgan fingerprint density at radius 1 is 1.33 bits per heavy atom. The highest BCUT2D eigenvalue weighted by Crippen LogP contribution is 2.31. The summed E-state index contributed by atoms with van der Waals surface area (Å²) in [4.78, 5) is 4.38. The molecule has 0 amide bonds. The predicted molar refractivity (Wildman–Crippen MR) is 97.2 cm³/mol. The third kappa shape index (κ3) is 3.73. The normalized spacial score (nSPS) is 18.8. The molecule has 1 aromatic heterocycles. The molecule has 8 heteroatoms. The third-order valence-corrected chi connectivity index (χ3v) is 6.29. The summed E-state index contributed by atoms with van der Waals surface area (Å²) in [6.45, 7) is 3.37. The fourth-order valence-electron chi connectivity index (χ4n) is 2.81. The number of nitrogens with zero attached hydrogens (tertiary/aromatic N) is 2. The van der Waals surface area contributed by atoms with Gasteiger partial charge < -0.3 is 5.32 Å². The van der Waals surface area contributed by atoms with E-state index in [1.807, 2.05) is 12.1 Å². The van der Waals surface area contributed by atoms with Crippen molar-refractivity contribution < 1.29 is 8.42 Å². The summed E-state index contributed by atoms with van der Waals surface area (Å²) in [6.07, 6.45) is 3.39. The van der Waals surface area contributed by atoms with Crippen molar-refractivity contribution in [1.29, 1.82) is 0 Å². The Balaban J connectivity index is 0.00000208. The Bertz CT molecular complexity index is 800. The Kier molecular flexibility index (Phi) is 6.22. The molecule has 0 saturated carbocycles. The van der Waals surface area contributed by atoms with Gasteiger partial charge in [0.1, 0.15) is 0 Å². The molecule has 24 heavy (non-hydrogen) atoms. The second-order valence-corrected chi connectivity index (χ2v) is 7.83. The van der Waals surface area contributed by atoms with Gasteiger partial charge in [0.2, 0.25) is 10.0 Å². The van der Waals surface area contributed by atoms with E-state index in [1.54, 1.807) is 35.8 Å². The van der Waals surface area contributed by atoms with Gasteiger partial charge in [0.15, 0.2) is 0 Å². The summed E-state index contributed by atoms with van der Waals surface area (Å²) in [7, 11) is -3.63. The van der Waals surface area contributed by atoms with Crippen molar-refractivity contribution in [3.8, 4) is 0 Å². The van der Waals surface area contributed by atoms with Gasteiger partial charge in [-0.1, -0.05) is 23.7 Å². The highest BCUT2D eigenvalue weighted by Gasteiger charge is 2.35. The molecule has 1 saturated heterocycles. The summed E-state index contributed by atoms with van der Waals surface area (Å²) in [5.74, 6) is 0. The van der Waals surface area contributed by atoms with E-state index in [-0.39, 0.29) is 23.3 Å². The Hall–Kier alpha value is -1.18.